The number of halogens is 2. The van der Waals surface area contributed by atoms with Gasteiger partial charge in [0.2, 0.25) is 5.91 Å². The maximum Gasteiger partial charge on any atom is 0.223 e. The van der Waals surface area contributed by atoms with Crippen LogP contribution < -0.4 is 10.6 Å². The molecule has 1 aromatic rings. The first-order valence-corrected chi connectivity index (χ1v) is 7.45. The van der Waals surface area contributed by atoms with Crippen LogP contribution in [0.3, 0.4) is 0 Å². The highest BCUT2D eigenvalue weighted by atomic mass is 35.5. The van der Waals surface area contributed by atoms with E-state index < -0.39 is 6.10 Å². The number of rotatable bonds is 4. The number of benzene rings is 1. The number of hydrogen-bond acceptors (Lipinski definition) is 3. The summed E-state index contributed by atoms with van der Waals surface area (Å²) in [5, 5.41) is 16.9. The predicted molar refractivity (Wildman–Crippen MR) is 80.0 cm³/mol. The highest BCUT2D eigenvalue weighted by molar-refractivity contribution is 6.36. The SMILES string of the molecule is O=C(NC[C@@H](O)c1c(Cl)cccc1Cl)C1CCNCC1. The summed E-state index contributed by atoms with van der Waals surface area (Å²) in [5.41, 5.74) is 0.460. The van der Waals surface area contributed by atoms with Crippen LogP contribution in [0.4, 0.5) is 0 Å². The van der Waals surface area contributed by atoms with E-state index in [9.17, 15) is 9.90 Å². The normalized spacial score (nSPS) is 17.8. The number of piperidine rings is 1. The number of aliphatic hydroxyl groups is 1. The molecule has 3 N–H and O–H groups in total. The third-order valence-electron chi connectivity index (χ3n) is 3.51. The molecule has 0 aliphatic carbocycles. The van der Waals surface area contributed by atoms with E-state index in [1.165, 1.54) is 0 Å². The summed E-state index contributed by atoms with van der Waals surface area (Å²) < 4.78 is 0. The van der Waals surface area contributed by atoms with Crippen LogP contribution in [0.1, 0.15) is 24.5 Å². The molecule has 0 radical (unpaired) electrons. The molecule has 6 heteroatoms. The van der Waals surface area contributed by atoms with Gasteiger partial charge in [-0.2, -0.15) is 0 Å². The Bertz CT molecular complexity index is 456. The molecule has 0 spiro atoms. The van der Waals surface area contributed by atoms with Crippen LogP contribution in [0.25, 0.3) is 0 Å². The molecular formula is C14H18Cl2N2O2. The molecule has 1 fully saturated rings. The van der Waals surface area contributed by atoms with E-state index in [0.29, 0.717) is 15.6 Å². The highest BCUT2D eigenvalue weighted by Crippen LogP contribution is 2.29. The lowest BCUT2D eigenvalue weighted by atomic mass is 9.97. The van der Waals surface area contributed by atoms with Crippen LogP contribution >= 0.6 is 23.2 Å². The Balaban J connectivity index is 1.91. The summed E-state index contributed by atoms with van der Waals surface area (Å²) in [7, 11) is 0. The van der Waals surface area contributed by atoms with Crippen LogP contribution in [0.2, 0.25) is 10.0 Å². The molecule has 1 amide bonds. The molecule has 2 rings (SSSR count). The van der Waals surface area contributed by atoms with E-state index in [-0.39, 0.29) is 18.4 Å². The van der Waals surface area contributed by atoms with E-state index >= 15 is 0 Å². The molecule has 0 unspecified atom stereocenters. The number of amides is 1. The van der Waals surface area contributed by atoms with Crippen molar-refractivity contribution in [2.24, 2.45) is 5.92 Å². The van der Waals surface area contributed by atoms with Crippen molar-refractivity contribution in [3.8, 4) is 0 Å². The second-order valence-electron chi connectivity index (χ2n) is 4.92. The minimum Gasteiger partial charge on any atom is -0.386 e. The molecule has 1 saturated heterocycles. The first-order chi connectivity index (χ1) is 9.59. The molecule has 0 saturated carbocycles. The van der Waals surface area contributed by atoms with Crippen molar-refractivity contribution in [1.29, 1.82) is 0 Å². The summed E-state index contributed by atoms with van der Waals surface area (Å²) in [6.07, 6.45) is 0.755. The zero-order chi connectivity index (χ0) is 14.5. The van der Waals surface area contributed by atoms with Crippen molar-refractivity contribution >= 4 is 29.1 Å². The summed E-state index contributed by atoms with van der Waals surface area (Å²) >= 11 is 12.0. The number of carbonyl (C=O) groups excluding carboxylic acids is 1. The number of nitrogens with one attached hydrogen (secondary N) is 2. The van der Waals surface area contributed by atoms with Crippen LogP contribution in [0.15, 0.2) is 18.2 Å². The average molecular weight is 317 g/mol. The zero-order valence-corrected chi connectivity index (χ0v) is 12.5. The Labute approximate surface area is 128 Å². The number of carbonyl (C=O) groups is 1. The number of aliphatic hydroxyl groups excluding tert-OH is 1. The topological polar surface area (TPSA) is 61.4 Å². The molecule has 20 heavy (non-hydrogen) atoms. The Morgan fingerprint density at radius 1 is 1.35 bits per heavy atom. The largest absolute Gasteiger partial charge is 0.386 e. The third kappa shape index (κ3) is 3.85. The summed E-state index contributed by atoms with van der Waals surface area (Å²) in [5.74, 6) is -0.00102. The van der Waals surface area contributed by atoms with Gasteiger partial charge in [0, 0.05) is 28.1 Å². The van der Waals surface area contributed by atoms with Crippen molar-refractivity contribution in [3.05, 3.63) is 33.8 Å². The van der Waals surface area contributed by atoms with E-state index in [1.54, 1.807) is 18.2 Å². The minimum atomic E-state index is -0.901. The summed E-state index contributed by atoms with van der Waals surface area (Å²) in [6.45, 7) is 1.83. The first kappa shape index (κ1) is 15.6. The van der Waals surface area contributed by atoms with Crippen molar-refractivity contribution in [1.82, 2.24) is 10.6 Å². The van der Waals surface area contributed by atoms with Gasteiger partial charge in [0.15, 0.2) is 0 Å². The fraction of sp³-hybridized carbons (Fsp3) is 0.500. The zero-order valence-electron chi connectivity index (χ0n) is 11.0. The highest BCUT2D eigenvalue weighted by Gasteiger charge is 2.22. The monoisotopic (exact) mass is 316 g/mol. The van der Waals surface area contributed by atoms with Gasteiger partial charge in [0.05, 0.1) is 6.10 Å². The molecule has 1 heterocycles. The molecule has 1 aliphatic rings. The Morgan fingerprint density at radius 2 is 1.95 bits per heavy atom. The molecule has 110 valence electrons. The molecule has 1 aromatic carbocycles. The smallest absolute Gasteiger partial charge is 0.223 e. The van der Waals surface area contributed by atoms with E-state index in [2.05, 4.69) is 10.6 Å². The standard InChI is InChI=1S/C14H18Cl2N2O2/c15-10-2-1-3-11(16)13(10)12(19)8-18-14(20)9-4-6-17-7-5-9/h1-3,9,12,17,19H,4-8H2,(H,18,20)/t12-/m1/s1. The molecular weight excluding hydrogens is 299 g/mol. The van der Waals surface area contributed by atoms with Gasteiger partial charge in [-0.05, 0) is 38.1 Å². The van der Waals surface area contributed by atoms with Gasteiger partial charge in [-0.25, -0.2) is 0 Å². The quantitative estimate of drug-likeness (QED) is 0.797. The van der Waals surface area contributed by atoms with Crippen molar-refractivity contribution < 1.29 is 9.90 Å². The van der Waals surface area contributed by atoms with Crippen molar-refractivity contribution in [2.45, 2.75) is 18.9 Å². The van der Waals surface area contributed by atoms with Gasteiger partial charge >= 0.3 is 0 Å². The van der Waals surface area contributed by atoms with E-state index in [0.717, 1.165) is 25.9 Å². The van der Waals surface area contributed by atoms with Gasteiger partial charge in [-0.3, -0.25) is 4.79 Å². The lowest BCUT2D eigenvalue weighted by Crippen LogP contribution is -2.39. The fourth-order valence-corrected chi connectivity index (χ4v) is 3.01. The maximum atomic E-state index is 12.0. The Kier molecular flexibility index (Phi) is 5.66. The average Bonchev–Trinajstić information content (AvgIpc) is 2.45. The van der Waals surface area contributed by atoms with Crippen LogP contribution in [-0.4, -0.2) is 30.6 Å². The number of hydrogen-bond donors (Lipinski definition) is 3. The van der Waals surface area contributed by atoms with Crippen LogP contribution in [0.5, 0.6) is 0 Å². The lowest BCUT2D eigenvalue weighted by molar-refractivity contribution is -0.126. The maximum absolute atomic E-state index is 12.0. The summed E-state index contributed by atoms with van der Waals surface area (Å²) in [6, 6.07) is 5.05. The van der Waals surface area contributed by atoms with Gasteiger partial charge in [-0.15, -0.1) is 0 Å². The Morgan fingerprint density at radius 3 is 2.55 bits per heavy atom. The molecule has 1 aliphatic heterocycles. The minimum absolute atomic E-state index is 0.0187. The predicted octanol–water partition coefficient (Wildman–Crippen LogP) is 2.14. The third-order valence-corrected chi connectivity index (χ3v) is 4.17. The lowest BCUT2D eigenvalue weighted by Gasteiger charge is -2.23. The first-order valence-electron chi connectivity index (χ1n) is 6.70. The molecule has 1 atom stereocenters. The van der Waals surface area contributed by atoms with Gasteiger partial charge < -0.3 is 15.7 Å². The second-order valence-corrected chi connectivity index (χ2v) is 5.73. The molecule has 0 aromatic heterocycles. The fourth-order valence-electron chi connectivity index (χ4n) is 2.36. The van der Waals surface area contributed by atoms with E-state index in [4.69, 9.17) is 23.2 Å². The van der Waals surface area contributed by atoms with Crippen LogP contribution in [0, 0.1) is 5.92 Å². The van der Waals surface area contributed by atoms with Gasteiger partial charge in [-0.1, -0.05) is 29.3 Å². The molecule has 4 nitrogen and oxygen atoms in total. The van der Waals surface area contributed by atoms with Gasteiger partial charge in [0.25, 0.3) is 0 Å². The van der Waals surface area contributed by atoms with E-state index in [1.807, 2.05) is 0 Å². The van der Waals surface area contributed by atoms with Crippen LogP contribution in [-0.2, 0) is 4.79 Å². The Hall–Kier alpha value is -0.810. The summed E-state index contributed by atoms with van der Waals surface area (Å²) in [4.78, 5) is 12.0. The van der Waals surface area contributed by atoms with Crippen molar-refractivity contribution in [3.63, 3.8) is 0 Å². The van der Waals surface area contributed by atoms with Gasteiger partial charge in [0.1, 0.15) is 0 Å². The second kappa shape index (κ2) is 7.27. The molecule has 0 bridgehead atoms. The van der Waals surface area contributed by atoms with Crippen molar-refractivity contribution in [2.75, 3.05) is 19.6 Å².